The molecular weight excluding hydrogens is 142 g/mol. The lowest BCUT2D eigenvalue weighted by Gasteiger charge is -2.38. The number of β-amino-alcohol motifs (C(OH)–C–C–N with tert-alkyl or cyclic N) is 1. The van der Waals surface area contributed by atoms with Crippen LogP contribution >= 0.6 is 0 Å². The van der Waals surface area contributed by atoms with E-state index in [1.54, 1.807) is 0 Å². The molecule has 3 nitrogen and oxygen atoms in total. The number of rotatable bonds is 2. The van der Waals surface area contributed by atoms with Crippen molar-refractivity contribution in [1.82, 2.24) is 4.90 Å². The number of nitrogens with zero attached hydrogens (tertiary/aromatic N) is 1. The maximum atomic E-state index is 8.77. The highest BCUT2D eigenvalue weighted by atomic mass is 16.5. The quantitative estimate of drug-likeness (QED) is 0.619. The van der Waals surface area contributed by atoms with E-state index in [0.29, 0.717) is 12.1 Å². The first-order valence-corrected chi connectivity index (χ1v) is 4.20. The molecule has 0 aromatic carbocycles. The summed E-state index contributed by atoms with van der Waals surface area (Å²) in [5.41, 5.74) is 0. The zero-order valence-corrected chi connectivity index (χ0v) is 7.29. The summed E-state index contributed by atoms with van der Waals surface area (Å²) in [5, 5.41) is 8.77. The molecule has 1 rings (SSSR count). The Morgan fingerprint density at radius 1 is 1.36 bits per heavy atom. The van der Waals surface area contributed by atoms with Crippen molar-refractivity contribution < 1.29 is 9.84 Å². The minimum atomic E-state index is 0.245. The fraction of sp³-hybridized carbons (Fsp3) is 1.00. The highest BCUT2D eigenvalue weighted by Gasteiger charge is 2.24. The van der Waals surface area contributed by atoms with Crippen molar-refractivity contribution in [1.29, 1.82) is 0 Å². The van der Waals surface area contributed by atoms with Crippen molar-refractivity contribution in [3.63, 3.8) is 0 Å². The second-order valence-electron chi connectivity index (χ2n) is 3.20. The van der Waals surface area contributed by atoms with Crippen molar-refractivity contribution in [3.05, 3.63) is 0 Å². The molecule has 0 aromatic rings. The highest BCUT2D eigenvalue weighted by Crippen LogP contribution is 2.11. The fourth-order valence-electron chi connectivity index (χ4n) is 1.59. The number of aliphatic hydroxyl groups excluding tert-OH is 1. The van der Waals surface area contributed by atoms with Crippen molar-refractivity contribution in [3.8, 4) is 0 Å². The third-order valence-electron chi connectivity index (χ3n) is 2.21. The van der Waals surface area contributed by atoms with E-state index in [0.717, 1.165) is 19.8 Å². The van der Waals surface area contributed by atoms with Crippen molar-refractivity contribution in [2.75, 3.05) is 26.4 Å². The van der Waals surface area contributed by atoms with Gasteiger partial charge in [-0.25, -0.2) is 0 Å². The summed E-state index contributed by atoms with van der Waals surface area (Å²) in [7, 11) is 0. The minimum absolute atomic E-state index is 0.245. The van der Waals surface area contributed by atoms with Crippen LogP contribution in [0.5, 0.6) is 0 Å². The first kappa shape index (κ1) is 8.97. The van der Waals surface area contributed by atoms with Gasteiger partial charge in [0.1, 0.15) is 0 Å². The van der Waals surface area contributed by atoms with Crippen LogP contribution in [0.25, 0.3) is 0 Å². The van der Waals surface area contributed by atoms with Gasteiger partial charge in [0.2, 0.25) is 0 Å². The Balaban J connectivity index is 2.41. The van der Waals surface area contributed by atoms with E-state index in [-0.39, 0.29) is 6.61 Å². The standard InChI is InChI=1S/C8H17NO2/c1-7-5-11-6-8(2)9(7)3-4-10/h7-8,10H,3-6H2,1-2H3/t7-,8?/m0/s1. The molecule has 1 aliphatic rings. The van der Waals surface area contributed by atoms with Crippen LogP contribution in [0, 0.1) is 0 Å². The summed E-state index contributed by atoms with van der Waals surface area (Å²) in [6.45, 7) is 6.87. The van der Waals surface area contributed by atoms with Gasteiger partial charge in [0, 0.05) is 18.6 Å². The van der Waals surface area contributed by atoms with Crippen LogP contribution in [0.3, 0.4) is 0 Å². The lowest BCUT2D eigenvalue weighted by molar-refractivity contribution is -0.0419. The Kier molecular flexibility index (Phi) is 3.30. The van der Waals surface area contributed by atoms with Gasteiger partial charge >= 0.3 is 0 Å². The SMILES string of the molecule is CC1COC[C@H](C)N1CCO. The number of aliphatic hydroxyl groups is 1. The maximum Gasteiger partial charge on any atom is 0.0620 e. The summed E-state index contributed by atoms with van der Waals surface area (Å²) >= 11 is 0. The number of hydrogen-bond donors (Lipinski definition) is 1. The summed E-state index contributed by atoms with van der Waals surface area (Å²) in [5.74, 6) is 0. The molecule has 66 valence electrons. The maximum absolute atomic E-state index is 8.77. The molecule has 1 saturated heterocycles. The van der Waals surface area contributed by atoms with E-state index in [9.17, 15) is 0 Å². The molecule has 11 heavy (non-hydrogen) atoms. The molecule has 0 saturated carbocycles. The molecule has 1 unspecified atom stereocenters. The molecule has 2 atom stereocenters. The Bertz CT molecular complexity index is 109. The van der Waals surface area contributed by atoms with Crippen LogP contribution in [0.2, 0.25) is 0 Å². The lowest BCUT2D eigenvalue weighted by atomic mass is 10.2. The van der Waals surface area contributed by atoms with Gasteiger partial charge in [-0.2, -0.15) is 0 Å². The predicted molar refractivity (Wildman–Crippen MR) is 43.5 cm³/mol. The fourth-order valence-corrected chi connectivity index (χ4v) is 1.59. The second kappa shape index (κ2) is 4.04. The van der Waals surface area contributed by atoms with E-state index in [1.807, 2.05) is 0 Å². The Labute approximate surface area is 68.0 Å². The predicted octanol–water partition coefficient (Wildman–Crippen LogP) is 0.0879. The first-order chi connectivity index (χ1) is 5.25. The third kappa shape index (κ3) is 2.15. The summed E-state index contributed by atoms with van der Waals surface area (Å²) in [6.07, 6.45) is 0. The Morgan fingerprint density at radius 3 is 2.36 bits per heavy atom. The van der Waals surface area contributed by atoms with Crippen LogP contribution in [-0.2, 0) is 4.74 Å². The number of morpholine rings is 1. The molecule has 0 aromatic heterocycles. The minimum Gasteiger partial charge on any atom is -0.395 e. The second-order valence-corrected chi connectivity index (χ2v) is 3.20. The lowest BCUT2D eigenvalue weighted by Crippen LogP contribution is -2.50. The molecule has 0 aliphatic carbocycles. The van der Waals surface area contributed by atoms with Crippen LogP contribution in [0.15, 0.2) is 0 Å². The molecular formula is C8H17NO2. The molecule has 1 aliphatic heterocycles. The van der Waals surface area contributed by atoms with Crippen molar-refractivity contribution >= 4 is 0 Å². The third-order valence-corrected chi connectivity index (χ3v) is 2.21. The Morgan fingerprint density at radius 2 is 1.91 bits per heavy atom. The van der Waals surface area contributed by atoms with E-state index < -0.39 is 0 Å². The number of ether oxygens (including phenoxy) is 1. The average molecular weight is 159 g/mol. The van der Waals surface area contributed by atoms with E-state index in [1.165, 1.54) is 0 Å². The molecule has 1 N–H and O–H groups in total. The molecule has 3 heteroatoms. The largest absolute Gasteiger partial charge is 0.395 e. The molecule has 0 bridgehead atoms. The van der Waals surface area contributed by atoms with Gasteiger partial charge in [0.25, 0.3) is 0 Å². The van der Waals surface area contributed by atoms with Gasteiger partial charge in [-0.3, -0.25) is 4.90 Å². The van der Waals surface area contributed by atoms with Crippen LogP contribution < -0.4 is 0 Å². The van der Waals surface area contributed by atoms with Crippen LogP contribution in [0.4, 0.5) is 0 Å². The Hall–Kier alpha value is -0.120. The van der Waals surface area contributed by atoms with Gasteiger partial charge in [-0.05, 0) is 13.8 Å². The molecule has 1 fully saturated rings. The molecule has 0 spiro atoms. The van der Waals surface area contributed by atoms with Crippen LogP contribution in [-0.4, -0.2) is 48.5 Å². The van der Waals surface area contributed by atoms with Crippen molar-refractivity contribution in [2.24, 2.45) is 0 Å². The summed E-state index contributed by atoms with van der Waals surface area (Å²) in [4.78, 5) is 2.28. The van der Waals surface area contributed by atoms with Crippen molar-refractivity contribution in [2.45, 2.75) is 25.9 Å². The van der Waals surface area contributed by atoms with E-state index >= 15 is 0 Å². The smallest absolute Gasteiger partial charge is 0.0620 e. The van der Waals surface area contributed by atoms with E-state index in [4.69, 9.17) is 9.84 Å². The topological polar surface area (TPSA) is 32.7 Å². The van der Waals surface area contributed by atoms with Gasteiger partial charge < -0.3 is 9.84 Å². The summed E-state index contributed by atoms with van der Waals surface area (Å²) < 4.78 is 5.35. The molecule has 0 radical (unpaired) electrons. The highest BCUT2D eigenvalue weighted by molar-refractivity contribution is 4.76. The monoisotopic (exact) mass is 159 g/mol. The first-order valence-electron chi connectivity index (χ1n) is 4.20. The van der Waals surface area contributed by atoms with Gasteiger partial charge in [0.15, 0.2) is 0 Å². The van der Waals surface area contributed by atoms with Gasteiger partial charge in [-0.1, -0.05) is 0 Å². The molecule has 1 heterocycles. The summed E-state index contributed by atoms with van der Waals surface area (Å²) in [6, 6.07) is 0.900. The van der Waals surface area contributed by atoms with E-state index in [2.05, 4.69) is 18.7 Å². The van der Waals surface area contributed by atoms with Gasteiger partial charge in [0.05, 0.1) is 19.8 Å². The number of hydrogen-bond acceptors (Lipinski definition) is 3. The zero-order chi connectivity index (χ0) is 8.27. The normalized spacial score (nSPS) is 34.1. The van der Waals surface area contributed by atoms with Gasteiger partial charge in [-0.15, -0.1) is 0 Å². The average Bonchev–Trinajstić information content (AvgIpc) is 1.97. The zero-order valence-electron chi connectivity index (χ0n) is 7.29. The van der Waals surface area contributed by atoms with Crippen LogP contribution in [0.1, 0.15) is 13.8 Å². The molecule has 0 amide bonds.